The van der Waals surface area contributed by atoms with Crippen LogP contribution in [0.15, 0.2) is 291 Å². The lowest BCUT2D eigenvalue weighted by Crippen LogP contribution is -2.11. The summed E-state index contributed by atoms with van der Waals surface area (Å²) in [4.78, 5) is 4.96. The van der Waals surface area contributed by atoms with Crippen molar-refractivity contribution in [1.29, 1.82) is 0 Å². The third-order valence-corrected chi connectivity index (χ3v) is 17.2. The molecule has 0 aliphatic rings. The molecule has 0 N–H and O–H groups in total. The van der Waals surface area contributed by atoms with E-state index in [9.17, 15) is 0 Å². The second-order valence-electron chi connectivity index (χ2n) is 21.6. The lowest BCUT2D eigenvalue weighted by molar-refractivity contribution is 1.30. The predicted molar refractivity (Wildman–Crippen MR) is 344 cm³/mol. The summed E-state index contributed by atoms with van der Waals surface area (Å²) in [5.74, 6) is 0. The van der Waals surface area contributed by atoms with Crippen LogP contribution in [0.3, 0.4) is 0 Å². The minimum atomic E-state index is 1.09. The topological polar surface area (TPSA) is 6.48 Å². The highest BCUT2D eigenvalue weighted by molar-refractivity contribution is 6.28. The number of nitrogens with zero attached hydrogens (tertiary/aromatic N) is 2. The number of anilines is 6. The second kappa shape index (κ2) is 17.5. The summed E-state index contributed by atoms with van der Waals surface area (Å²) in [6.07, 6.45) is 0. The third-order valence-electron chi connectivity index (χ3n) is 17.2. The van der Waals surface area contributed by atoms with Crippen LogP contribution in [0, 0.1) is 0 Å². The monoisotopic (exact) mass is 1010 g/mol. The normalized spacial score (nSPS) is 12.0. The van der Waals surface area contributed by atoms with Crippen LogP contribution in [0.2, 0.25) is 0 Å². The van der Waals surface area contributed by atoms with E-state index in [4.69, 9.17) is 0 Å². The quantitative estimate of drug-likeness (QED) is 0.111. The Balaban J connectivity index is 0.979. The molecule has 0 aliphatic heterocycles. The molecule has 0 atom stereocenters. The van der Waals surface area contributed by atoms with E-state index in [0.29, 0.717) is 0 Å². The molecule has 0 heterocycles. The highest BCUT2D eigenvalue weighted by Crippen LogP contribution is 2.51. The molecule has 17 aromatic rings. The summed E-state index contributed by atoms with van der Waals surface area (Å²) < 4.78 is 0. The number of para-hydroxylation sites is 2. The van der Waals surface area contributed by atoms with Gasteiger partial charge < -0.3 is 9.80 Å². The van der Waals surface area contributed by atoms with Crippen LogP contribution in [0.25, 0.3) is 130 Å². The first-order valence-corrected chi connectivity index (χ1v) is 27.7. The van der Waals surface area contributed by atoms with Gasteiger partial charge >= 0.3 is 0 Å². The molecule has 17 rings (SSSR count). The molecule has 2 nitrogen and oxygen atoms in total. The van der Waals surface area contributed by atoms with E-state index in [-0.39, 0.29) is 0 Å². The van der Waals surface area contributed by atoms with Crippen molar-refractivity contribution >= 4 is 142 Å². The summed E-state index contributed by atoms with van der Waals surface area (Å²) in [6, 6.07) is 109. The van der Waals surface area contributed by atoms with Gasteiger partial charge in [0.1, 0.15) is 0 Å². The van der Waals surface area contributed by atoms with E-state index in [1.807, 2.05) is 0 Å². The SMILES string of the molecule is c1ccc(N(c2ccc3c(-c4ccc5ccccc5c4)c4cc(N(c5ccccc5)c5ccc6ccc7cccc8ccc5c6c78)ccc4c(-c4ccc5ccccc5c4)c3c2)c2ccc3ccc4cccc5ccc2c3c45)cc1. The number of benzene rings is 17. The fourth-order valence-corrected chi connectivity index (χ4v) is 13.6. The van der Waals surface area contributed by atoms with Crippen LogP contribution < -0.4 is 9.80 Å². The van der Waals surface area contributed by atoms with Gasteiger partial charge in [0.25, 0.3) is 0 Å². The molecule has 0 fully saturated rings. The van der Waals surface area contributed by atoms with Crippen LogP contribution in [0.4, 0.5) is 34.1 Å². The molecule has 2 heteroatoms. The molecule has 80 heavy (non-hydrogen) atoms. The molecule has 0 unspecified atom stereocenters. The van der Waals surface area contributed by atoms with Gasteiger partial charge in [0.2, 0.25) is 0 Å². The summed E-state index contributed by atoms with van der Waals surface area (Å²) in [7, 11) is 0. The van der Waals surface area contributed by atoms with Crippen molar-refractivity contribution in [3.63, 3.8) is 0 Å². The molecule has 0 aromatic heterocycles. The molecule has 0 radical (unpaired) electrons. The van der Waals surface area contributed by atoms with Gasteiger partial charge in [0.15, 0.2) is 0 Å². The summed E-state index contributed by atoms with van der Waals surface area (Å²) >= 11 is 0. The van der Waals surface area contributed by atoms with Gasteiger partial charge in [-0.15, -0.1) is 0 Å². The zero-order valence-corrected chi connectivity index (χ0v) is 43.6. The van der Waals surface area contributed by atoms with E-state index in [2.05, 4.69) is 301 Å². The Hall–Kier alpha value is -10.5. The molecule has 0 saturated heterocycles. The smallest absolute Gasteiger partial charge is 0.0540 e. The van der Waals surface area contributed by atoms with Gasteiger partial charge in [-0.2, -0.15) is 0 Å². The molecule has 0 saturated carbocycles. The van der Waals surface area contributed by atoms with Crippen molar-refractivity contribution < 1.29 is 0 Å². The minimum absolute atomic E-state index is 1.09. The molecular weight excluding hydrogens is 965 g/mol. The van der Waals surface area contributed by atoms with E-state index in [1.54, 1.807) is 0 Å². The minimum Gasteiger partial charge on any atom is -0.310 e. The van der Waals surface area contributed by atoms with Crippen LogP contribution >= 0.6 is 0 Å². The third kappa shape index (κ3) is 6.79. The Kier molecular flexibility index (Phi) is 9.75. The molecule has 0 aliphatic carbocycles. The van der Waals surface area contributed by atoms with Crippen molar-refractivity contribution in [2.45, 2.75) is 0 Å². The van der Waals surface area contributed by atoms with E-state index >= 15 is 0 Å². The van der Waals surface area contributed by atoms with Gasteiger partial charge in [-0.25, -0.2) is 0 Å². The Labute approximate surface area is 462 Å². The van der Waals surface area contributed by atoms with Gasteiger partial charge in [0, 0.05) is 33.5 Å². The molecule has 0 bridgehead atoms. The van der Waals surface area contributed by atoms with E-state index in [1.165, 1.54) is 130 Å². The highest BCUT2D eigenvalue weighted by atomic mass is 15.1. The van der Waals surface area contributed by atoms with Crippen LogP contribution in [-0.2, 0) is 0 Å². The lowest BCUT2D eigenvalue weighted by atomic mass is 9.84. The Bertz CT molecular complexity index is 4950. The van der Waals surface area contributed by atoms with E-state index < -0.39 is 0 Å². The Morgan fingerprint density at radius 3 is 0.925 bits per heavy atom. The van der Waals surface area contributed by atoms with Gasteiger partial charge in [0.05, 0.1) is 11.4 Å². The zero-order valence-electron chi connectivity index (χ0n) is 43.6. The molecule has 17 aromatic carbocycles. The number of rotatable bonds is 8. The number of fused-ring (bicyclic) bond motifs is 4. The van der Waals surface area contributed by atoms with Crippen LogP contribution in [-0.4, -0.2) is 0 Å². The zero-order chi connectivity index (χ0) is 52.4. The first kappa shape index (κ1) is 44.6. The average molecular weight is 1010 g/mol. The summed E-state index contributed by atoms with van der Waals surface area (Å²) in [5.41, 5.74) is 11.4. The maximum atomic E-state index is 2.48. The summed E-state index contributed by atoms with van der Waals surface area (Å²) in [6.45, 7) is 0. The van der Waals surface area contributed by atoms with Gasteiger partial charge in [-0.1, -0.05) is 218 Å². The Morgan fingerprint density at radius 2 is 0.500 bits per heavy atom. The van der Waals surface area contributed by atoms with Crippen molar-refractivity contribution in [3.8, 4) is 22.3 Å². The number of hydrogen-bond donors (Lipinski definition) is 0. The standard InChI is InChI=1S/C78H48N2/c1-3-21-61(22-4-1)79(71-43-35-55-29-27-51-17-11-19-53-33-39-67(71)77(55)73(51)53)63-37-41-65-69(47-63)75(59-31-25-49-13-7-9-15-57(49)45-59)66-42-38-64(48-70(66)76(65)60-32-26-50-14-8-10-16-58(50)46-60)80(62-23-5-2-6-24-62)72-44-36-56-30-28-52-18-12-20-54-34-40-68(72)78(56)74(52)54/h1-48H. The van der Waals surface area contributed by atoms with Crippen molar-refractivity contribution in [1.82, 2.24) is 0 Å². The molecule has 0 amide bonds. The lowest BCUT2D eigenvalue weighted by Gasteiger charge is -2.29. The molecule has 0 spiro atoms. The first-order chi connectivity index (χ1) is 39.7. The van der Waals surface area contributed by atoms with Gasteiger partial charge in [-0.3, -0.25) is 0 Å². The highest BCUT2D eigenvalue weighted by Gasteiger charge is 2.25. The van der Waals surface area contributed by atoms with E-state index in [0.717, 1.165) is 34.1 Å². The first-order valence-electron chi connectivity index (χ1n) is 27.7. The van der Waals surface area contributed by atoms with Crippen molar-refractivity contribution in [2.75, 3.05) is 9.80 Å². The fraction of sp³-hybridized carbons (Fsp3) is 0. The van der Waals surface area contributed by atoms with Gasteiger partial charge in [-0.05, 0) is 192 Å². The maximum Gasteiger partial charge on any atom is 0.0540 e. The molecule has 370 valence electrons. The Morgan fingerprint density at radius 1 is 0.175 bits per heavy atom. The maximum absolute atomic E-state index is 2.48. The summed E-state index contributed by atoms with van der Waals surface area (Å²) in [5, 5.41) is 24.8. The molecular formula is C78H48N2. The largest absolute Gasteiger partial charge is 0.310 e. The van der Waals surface area contributed by atoms with Crippen molar-refractivity contribution in [2.24, 2.45) is 0 Å². The second-order valence-corrected chi connectivity index (χ2v) is 21.6. The average Bonchev–Trinajstić information content (AvgIpc) is 3.69. The predicted octanol–water partition coefficient (Wildman–Crippen LogP) is 22.4. The van der Waals surface area contributed by atoms with Crippen LogP contribution in [0.5, 0.6) is 0 Å². The van der Waals surface area contributed by atoms with Crippen molar-refractivity contribution in [3.05, 3.63) is 291 Å². The van der Waals surface area contributed by atoms with Crippen LogP contribution in [0.1, 0.15) is 0 Å². The fourth-order valence-electron chi connectivity index (χ4n) is 13.6. The number of hydrogen-bond acceptors (Lipinski definition) is 2.